The third-order valence-electron chi connectivity index (χ3n) is 4.98. The number of nitrogens with zero attached hydrogens (tertiary/aromatic N) is 6. The zero-order chi connectivity index (χ0) is 23.7. The normalized spacial score (nSPS) is 20.5. The second kappa shape index (κ2) is 9.40. The number of β-lactam (4-membered cyclic amide) rings is 1. The molecule has 13 nitrogen and oxygen atoms in total. The van der Waals surface area contributed by atoms with E-state index < -0.39 is 29.9 Å². The first kappa shape index (κ1) is 23.1. The molecule has 2 aliphatic rings. The molecule has 0 spiro atoms. The van der Waals surface area contributed by atoms with Crippen LogP contribution < -0.4 is 11.1 Å². The predicted octanol–water partition coefficient (Wildman–Crippen LogP) is 0.301. The molecule has 33 heavy (non-hydrogen) atoms. The highest BCUT2D eigenvalue weighted by Crippen LogP contribution is 2.42. The number of carbonyl (C=O) groups is 3. The molecule has 2 atom stereocenters. The fourth-order valence-electron chi connectivity index (χ4n) is 3.54. The van der Waals surface area contributed by atoms with Gasteiger partial charge < -0.3 is 21.4 Å². The van der Waals surface area contributed by atoms with Gasteiger partial charge in [0.2, 0.25) is 0 Å². The van der Waals surface area contributed by atoms with Crippen molar-refractivity contribution in [2.75, 3.05) is 10.8 Å². The second-order valence-electron chi connectivity index (χ2n) is 6.94. The van der Waals surface area contributed by atoms with Gasteiger partial charge in [0.1, 0.15) is 22.5 Å². The lowest BCUT2D eigenvalue weighted by molar-refractivity contribution is -0.155. The van der Waals surface area contributed by atoms with Crippen LogP contribution in [0.4, 0.5) is 5.13 Å². The maximum absolute atomic E-state index is 12.8. The van der Waals surface area contributed by atoms with Crippen LogP contribution in [0.3, 0.4) is 0 Å². The number of carbonyl (C=O) groups excluding carboxylic acids is 2. The van der Waals surface area contributed by atoms with Crippen molar-refractivity contribution in [2.24, 2.45) is 12.2 Å². The number of allylic oxidation sites excluding steroid dienone is 1. The number of nitrogens with two attached hydrogens (primary N) is 1. The highest BCUT2D eigenvalue weighted by Gasteiger charge is 2.53. The molecule has 4 heterocycles. The Bertz CT molecular complexity index is 1180. The topological polar surface area (TPSA) is 189 Å². The number of amides is 2. The number of anilines is 1. The Balaban J connectivity index is 1.43. The van der Waals surface area contributed by atoms with E-state index in [-0.39, 0.29) is 22.2 Å². The number of aromatic nitrogens is 4. The monoisotopic (exact) mass is 510 g/mol. The van der Waals surface area contributed by atoms with E-state index >= 15 is 0 Å². The van der Waals surface area contributed by atoms with Gasteiger partial charge in [0.15, 0.2) is 10.8 Å². The Morgan fingerprint density at radius 2 is 2.21 bits per heavy atom. The number of carboxylic acids is 1. The molecule has 5 N–H and O–H groups in total. The van der Waals surface area contributed by atoms with Gasteiger partial charge in [0.25, 0.3) is 11.8 Å². The molecule has 2 aliphatic heterocycles. The number of aryl methyl sites for hydroxylation is 1. The molecule has 2 aromatic heterocycles. The largest absolute Gasteiger partial charge is 0.477 e. The number of thioether (sulfide) groups is 2. The molecular weight excluding hydrogens is 492 g/mol. The number of thiazole rings is 1. The van der Waals surface area contributed by atoms with E-state index in [1.807, 2.05) is 0 Å². The Hall–Kier alpha value is -3.11. The summed E-state index contributed by atoms with van der Waals surface area (Å²) in [5, 5.41) is 35.5. The molecule has 0 radical (unpaired) electrons. The minimum atomic E-state index is -1.21. The molecule has 0 aromatic carbocycles. The summed E-state index contributed by atoms with van der Waals surface area (Å²) >= 11 is 3.82. The summed E-state index contributed by atoms with van der Waals surface area (Å²) in [6.45, 7) is 0. The first-order valence-corrected chi connectivity index (χ1v) is 12.3. The molecule has 16 heteroatoms. The van der Waals surface area contributed by atoms with Crippen molar-refractivity contribution in [3.63, 3.8) is 0 Å². The summed E-state index contributed by atoms with van der Waals surface area (Å²) in [5.74, 6) is -2.55. The number of carboxylic acid groups (broad SMARTS) is 1. The summed E-state index contributed by atoms with van der Waals surface area (Å²) < 4.78 is 0. The number of nitrogens with one attached hydrogen (secondary N) is 1. The van der Waals surface area contributed by atoms with Gasteiger partial charge >= 0.3 is 5.97 Å². The van der Waals surface area contributed by atoms with E-state index in [0.29, 0.717) is 27.9 Å². The molecule has 0 aliphatic carbocycles. The quantitative estimate of drug-likeness (QED) is 0.0954. The number of hydrogen-bond donors (Lipinski definition) is 4. The lowest BCUT2D eigenvalue weighted by Crippen LogP contribution is -2.72. The van der Waals surface area contributed by atoms with E-state index in [2.05, 4.69) is 25.7 Å². The summed E-state index contributed by atoms with van der Waals surface area (Å²) in [6.07, 6.45) is 2.53. The number of oxime groups is 1. The molecule has 0 bridgehead atoms. The summed E-state index contributed by atoms with van der Waals surface area (Å²) in [5.41, 5.74) is 5.18. The fourth-order valence-corrected chi connectivity index (χ4v) is 6.26. The van der Waals surface area contributed by atoms with Crippen molar-refractivity contribution in [2.45, 2.75) is 30.0 Å². The number of aliphatic carboxylic acids is 1. The average Bonchev–Trinajstić information content (AvgIpc) is 3.39. The van der Waals surface area contributed by atoms with Crippen LogP contribution in [0.25, 0.3) is 0 Å². The van der Waals surface area contributed by atoms with Gasteiger partial charge in [0.05, 0.1) is 17.3 Å². The Morgan fingerprint density at radius 3 is 2.82 bits per heavy atom. The van der Waals surface area contributed by atoms with E-state index in [1.54, 1.807) is 13.2 Å². The molecule has 1 saturated heterocycles. The average molecular weight is 511 g/mol. The molecule has 174 valence electrons. The number of rotatable bonds is 8. The summed E-state index contributed by atoms with van der Waals surface area (Å²) in [4.78, 5) is 44.4. The fraction of sp³-hybridized carbons (Fsp3) is 0.353. The van der Waals surface area contributed by atoms with Crippen molar-refractivity contribution in [1.82, 2.24) is 30.2 Å². The molecule has 0 unspecified atom stereocenters. The van der Waals surface area contributed by atoms with E-state index in [4.69, 9.17) is 5.73 Å². The summed E-state index contributed by atoms with van der Waals surface area (Å²) in [7, 11) is 1.70. The zero-order valence-electron chi connectivity index (χ0n) is 17.0. The van der Waals surface area contributed by atoms with Crippen molar-refractivity contribution in [1.29, 1.82) is 0 Å². The first-order chi connectivity index (χ1) is 15.8. The lowest BCUT2D eigenvalue weighted by Gasteiger charge is -2.50. The highest BCUT2D eigenvalue weighted by molar-refractivity contribution is 8.17. The Morgan fingerprint density at radius 1 is 1.42 bits per heavy atom. The van der Waals surface area contributed by atoms with Crippen molar-refractivity contribution in [3.8, 4) is 0 Å². The van der Waals surface area contributed by atoms with Gasteiger partial charge in [-0.3, -0.25) is 14.5 Å². The minimum absolute atomic E-state index is 0.0742. The van der Waals surface area contributed by atoms with E-state index in [1.165, 1.54) is 38.6 Å². The maximum Gasteiger partial charge on any atom is 0.353 e. The smallest absolute Gasteiger partial charge is 0.353 e. The number of nitrogen functional groups attached to an aromatic ring is 1. The summed E-state index contributed by atoms with van der Waals surface area (Å²) in [6, 6.07) is -1.44. The van der Waals surface area contributed by atoms with Crippen molar-refractivity contribution >= 4 is 63.5 Å². The van der Waals surface area contributed by atoms with Gasteiger partial charge in [-0.05, 0) is 12.8 Å². The molecular formula is C17H18N8O5S3. The predicted molar refractivity (Wildman–Crippen MR) is 121 cm³/mol. The van der Waals surface area contributed by atoms with E-state index in [9.17, 15) is 24.7 Å². The van der Waals surface area contributed by atoms with Gasteiger partial charge in [-0.25, -0.2) is 9.78 Å². The van der Waals surface area contributed by atoms with E-state index in [0.717, 1.165) is 11.3 Å². The zero-order valence-corrected chi connectivity index (χ0v) is 19.5. The van der Waals surface area contributed by atoms with Crippen LogP contribution in [0.15, 0.2) is 32.4 Å². The van der Waals surface area contributed by atoms with Crippen molar-refractivity contribution in [3.05, 3.63) is 27.9 Å². The molecule has 4 rings (SSSR count). The van der Waals surface area contributed by atoms with Gasteiger partial charge in [-0.1, -0.05) is 16.9 Å². The van der Waals surface area contributed by atoms with Crippen molar-refractivity contribution < 1.29 is 24.7 Å². The maximum atomic E-state index is 12.8. The van der Waals surface area contributed by atoms with Crippen LogP contribution >= 0.6 is 34.9 Å². The third-order valence-corrected chi connectivity index (χ3v) is 7.82. The van der Waals surface area contributed by atoms with Crippen LogP contribution in [-0.2, 0) is 21.4 Å². The van der Waals surface area contributed by atoms with Crippen LogP contribution in [0, 0.1) is 0 Å². The SMILES string of the molecule is Cn1ncc(SCSC2=C(C(=O)O)N3C(=O)[C@@H](NC(=O)/C(=N\O)c4csc(N)n4)[C@@H]3CC2)n1. The molecule has 1 fully saturated rings. The van der Waals surface area contributed by atoms with Crippen LogP contribution in [0.1, 0.15) is 18.5 Å². The highest BCUT2D eigenvalue weighted by atomic mass is 32.2. The van der Waals surface area contributed by atoms with Crippen LogP contribution in [0.2, 0.25) is 0 Å². The van der Waals surface area contributed by atoms with Crippen LogP contribution in [0.5, 0.6) is 0 Å². The standard InChI is InChI=1S/C17H18N8O5S3/c1-24-19-4-10(22-24)33-6-32-9-3-2-8-12(15(27)25(8)13(9)16(28)29)21-14(26)11(23-30)7-5-31-17(18)20-7/h4-5,8,12,30H,2-3,6H2,1H3,(H2,18,20)(H,21,26)(H,28,29)/b23-11-/t8-,12-/m0/s1. The Kier molecular flexibility index (Phi) is 6.57. The minimum Gasteiger partial charge on any atom is -0.477 e. The Labute approximate surface area is 199 Å². The van der Waals surface area contributed by atoms with Gasteiger partial charge in [-0.2, -0.15) is 9.90 Å². The second-order valence-corrected chi connectivity index (χ2v) is 10.3. The van der Waals surface area contributed by atoms with Crippen LogP contribution in [-0.4, -0.2) is 75.9 Å². The van der Waals surface area contributed by atoms with Gasteiger partial charge in [-0.15, -0.1) is 28.2 Å². The number of fused-ring (bicyclic) bond motifs is 1. The first-order valence-electron chi connectivity index (χ1n) is 9.46. The number of hydrogen-bond acceptors (Lipinski definition) is 12. The lowest BCUT2D eigenvalue weighted by atomic mass is 9.86. The van der Waals surface area contributed by atoms with Gasteiger partial charge in [0, 0.05) is 17.3 Å². The molecule has 2 aromatic rings. The third kappa shape index (κ3) is 4.53. The molecule has 0 saturated carbocycles. The molecule has 2 amide bonds.